The SMILES string of the molecule is COc1cccc([C@@H](C)NCc2cccc(OC)n2)c1. The fourth-order valence-electron chi connectivity index (χ4n) is 1.96. The molecule has 0 aliphatic rings. The minimum atomic E-state index is 0.220. The Kier molecular flexibility index (Phi) is 4.96. The third-order valence-corrected chi connectivity index (χ3v) is 3.17. The number of aromatic nitrogens is 1. The van der Waals surface area contributed by atoms with Gasteiger partial charge >= 0.3 is 0 Å². The van der Waals surface area contributed by atoms with Gasteiger partial charge in [0.1, 0.15) is 5.75 Å². The normalized spacial score (nSPS) is 11.9. The standard InChI is InChI=1S/C16H20N2O2/c1-12(13-6-4-8-15(10-13)19-2)17-11-14-7-5-9-16(18-14)20-3/h4-10,12,17H,11H2,1-3H3/t12-/m1/s1. The van der Waals surface area contributed by atoms with Gasteiger partial charge in [0.05, 0.1) is 19.9 Å². The van der Waals surface area contributed by atoms with Crippen molar-refractivity contribution in [1.29, 1.82) is 0 Å². The smallest absolute Gasteiger partial charge is 0.213 e. The van der Waals surface area contributed by atoms with E-state index < -0.39 is 0 Å². The van der Waals surface area contributed by atoms with E-state index in [9.17, 15) is 0 Å². The Labute approximate surface area is 119 Å². The van der Waals surface area contributed by atoms with Crippen molar-refractivity contribution < 1.29 is 9.47 Å². The highest BCUT2D eigenvalue weighted by Crippen LogP contribution is 2.19. The van der Waals surface area contributed by atoms with Crippen LogP contribution in [0.4, 0.5) is 0 Å². The van der Waals surface area contributed by atoms with Crippen molar-refractivity contribution in [3.63, 3.8) is 0 Å². The molecule has 0 bridgehead atoms. The van der Waals surface area contributed by atoms with Gasteiger partial charge in [0.2, 0.25) is 5.88 Å². The maximum atomic E-state index is 5.24. The second-order valence-corrected chi connectivity index (χ2v) is 4.55. The monoisotopic (exact) mass is 272 g/mol. The molecule has 0 amide bonds. The highest BCUT2D eigenvalue weighted by atomic mass is 16.5. The molecule has 106 valence electrons. The Morgan fingerprint density at radius 1 is 1.10 bits per heavy atom. The Hall–Kier alpha value is -2.07. The van der Waals surface area contributed by atoms with Gasteiger partial charge in [0.25, 0.3) is 0 Å². The molecule has 20 heavy (non-hydrogen) atoms. The molecule has 1 aromatic heterocycles. The van der Waals surface area contributed by atoms with E-state index in [1.165, 1.54) is 5.56 Å². The van der Waals surface area contributed by atoms with E-state index in [0.29, 0.717) is 12.4 Å². The summed E-state index contributed by atoms with van der Waals surface area (Å²) < 4.78 is 10.4. The molecule has 0 saturated carbocycles. The summed E-state index contributed by atoms with van der Waals surface area (Å²) in [7, 11) is 3.30. The summed E-state index contributed by atoms with van der Waals surface area (Å²) in [4.78, 5) is 4.38. The first-order valence-electron chi connectivity index (χ1n) is 6.60. The molecule has 1 N–H and O–H groups in total. The highest BCUT2D eigenvalue weighted by Gasteiger charge is 2.06. The first kappa shape index (κ1) is 14.3. The molecule has 0 radical (unpaired) electrons. The van der Waals surface area contributed by atoms with Gasteiger partial charge in [-0.3, -0.25) is 0 Å². The van der Waals surface area contributed by atoms with Crippen LogP contribution in [0.15, 0.2) is 42.5 Å². The summed E-state index contributed by atoms with van der Waals surface area (Å²) in [6.45, 7) is 2.81. The average Bonchev–Trinajstić information content (AvgIpc) is 2.52. The zero-order valence-electron chi connectivity index (χ0n) is 12.1. The quantitative estimate of drug-likeness (QED) is 0.878. The Morgan fingerprint density at radius 2 is 1.90 bits per heavy atom. The van der Waals surface area contributed by atoms with Crippen LogP contribution < -0.4 is 14.8 Å². The number of hydrogen-bond acceptors (Lipinski definition) is 4. The first-order valence-corrected chi connectivity index (χ1v) is 6.60. The number of rotatable bonds is 6. The van der Waals surface area contributed by atoms with Gasteiger partial charge in [-0.05, 0) is 30.7 Å². The van der Waals surface area contributed by atoms with Crippen LogP contribution in [0.1, 0.15) is 24.2 Å². The van der Waals surface area contributed by atoms with E-state index in [2.05, 4.69) is 23.3 Å². The second kappa shape index (κ2) is 6.91. The lowest BCUT2D eigenvalue weighted by molar-refractivity contribution is 0.395. The van der Waals surface area contributed by atoms with Gasteiger partial charge in [0.15, 0.2) is 0 Å². The molecule has 0 unspecified atom stereocenters. The number of benzene rings is 1. The van der Waals surface area contributed by atoms with Crippen LogP contribution in [0.3, 0.4) is 0 Å². The van der Waals surface area contributed by atoms with Gasteiger partial charge < -0.3 is 14.8 Å². The van der Waals surface area contributed by atoms with Crippen LogP contribution in [-0.2, 0) is 6.54 Å². The lowest BCUT2D eigenvalue weighted by atomic mass is 10.1. The molecule has 1 aromatic carbocycles. The zero-order valence-corrected chi connectivity index (χ0v) is 12.1. The third kappa shape index (κ3) is 3.71. The molecule has 2 aromatic rings. The molecular formula is C16H20N2O2. The zero-order chi connectivity index (χ0) is 14.4. The Balaban J connectivity index is 1.98. The topological polar surface area (TPSA) is 43.4 Å². The summed E-state index contributed by atoms with van der Waals surface area (Å²) in [6, 6.07) is 14.0. The summed E-state index contributed by atoms with van der Waals surface area (Å²) >= 11 is 0. The van der Waals surface area contributed by atoms with Crippen molar-refractivity contribution in [3.05, 3.63) is 53.7 Å². The molecule has 1 heterocycles. The van der Waals surface area contributed by atoms with E-state index in [1.54, 1.807) is 14.2 Å². The molecule has 0 aliphatic heterocycles. The minimum absolute atomic E-state index is 0.220. The number of nitrogens with zero attached hydrogens (tertiary/aromatic N) is 1. The maximum Gasteiger partial charge on any atom is 0.213 e. The number of hydrogen-bond donors (Lipinski definition) is 1. The van der Waals surface area contributed by atoms with E-state index in [4.69, 9.17) is 9.47 Å². The molecular weight excluding hydrogens is 252 g/mol. The highest BCUT2D eigenvalue weighted by molar-refractivity contribution is 5.30. The van der Waals surface area contributed by atoms with Crippen LogP contribution in [0.2, 0.25) is 0 Å². The van der Waals surface area contributed by atoms with Crippen molar-refractivity contribution in [2.24, 2.45) is 0 Å². The van der Waals surface area contributed by atoms with E-state index in [-0.39, 0.29) is 6.04 Å². The van der Waals surface area contributed by atoms with Crippen molar-refractivity contribution in [2.45, 2.75) is 19.5 Å². The van der Waals surface area contributed by atoms with Gasteiger partial charge in [-0.15, -0.1) is 0 Å². The number of methoxy groups -OCH3 is 2. The molecule has 0 saturated heterocycles. The Bertz CT molecular complexity index is 558. The third-order valence-electron chi connectivity index (χ3n) is 3.17. The predicted molar refractivity (Wildman–Crippen MR) is 79.0 cm³/mol. The van der Waals surface area contributed by atoms with Crippen LogP contribution in [0.25, 0.3) is 0 Å². The molecule has 0 spiro atoms. The van der Waals surface area contributed by atoms with Crippen LogP contribution in [-0.4, -0.2) is 19.2 Å². The number of nitrogens with one attached hydrogen (secondary N) is 1. The van der Waals surface area contributed by atoms with Crippen molar-refractivity contribution in [2.75, 3.05) is 14.2 Å². The molecule has 4 heteroatoms. The largest absolute Gasteiger partial charge is 0.497 e. The van der Waals surface area contributed by atoms with Gasteiger partial charge in [0, 0.05) is 18.7 Å². The number of pyridine rings is 1. The second-order valence-electron chi connectivity index (χ2n) is 4.55. The Morgan fingerprint density at radius 3 is 2.65 bits per heavy atom. The number of ether oxygens (including phenoxy) is 2. The van der Waals surface area contributed by atoms with Crippen LogP contribution in [0.5, 0.6) is 11.6 Å². The van der Waals surface area contributed by atoms with E-state index in [0.717, 1.165) is 11.4 Å². The first-order chi connectivity index (χ1) is 9.72. The molecule has 2 rings (SSSR count). The molecule has 0 aliphatic carbocycles. The van der Waals surface area contributed by atoms with Gasteiger partial charge in [-0.25, -0.2) is 4.98 Å². The summed E-state index contributed by atoms with van der Waals surface area (Å²) in [6.07, 6.45) is 0. The van der Waals surface area contributed by atoms with E-state index >= 15 is 0 Å². The van der Waals surface area contributed by atoms with Crippen molar-refractivity contribution >= 4 is 0 Å². The van der Waals surface area contributed by atoms with Gasteiger partial charge in [-0.2, -0.15) is 0 Å². The molecule has 4 nitrogen and oxygen atoms in total. The van der Waals surface area contributed by atoms with Crippen molar-refractivity contribution in [3.8, 4) is 11.6 Å². The summed E-state index contributed by atoms with van der Waals surface area (Å²) in [5, 5.41) is 3.44. The van der Waals surface area contributed by atoms with E-state index in [1.807, 2.05) is 36.4 Å². The lowest BCUT2D eigenvalue weighted by Crippen LogP contribution is -2.18. The molecule has 0 fully saturated rings. The van der Waals surface area contributed by atoms with Gasteiger partial charge in [-0.1, -0.05) is 18.2 Å². The fraction of sp³-hybridized carbons (Fsp3) is 0.312. The lowest BCUT2D eigenvalue weighted by Gasteiger charge is -2.15. The summed E-state index contributed by atoms with van der Waals surface area (Å²) in [5.74, 6) is 1.51. The van der Waals surface area contributed by atoms with Crippen LogP contribution in [0, 0.1) is 0 Å². The maximum absolute atomic E-state index is 5.24. The average molecular weight is 272 g/mol. The van der Waals surface area contributed by atoms with Crippen molar-refractivity contribution in [1.82, 2.24) is 10.3 Å². The minimum Gasteiger partial charge on any atom is -0.497 e. The molecule has 1 atom stereocenters. The summed E-state index contributed by atoms with van der Waals surface area (Å²) in [5.41, 5.74) is 2.14. The fourth-order valence-corrected chi connectivity index (χ4v) is 1.96. The predicted octanol–water partition coefficient (Wildman–Crippen LogP) is 2.95. The van der Waals surface area contributed by atoms with Crippen LogP contribution >= 0.6 is 0 Å².